The van der Waals surface area contributed by atoms with Gasteiger partial charge in [-0.1, -0.05) is 29.3 Å². The van der Waals surface area contributed by atoms with Crippen LogP contribution in [0.2, 0.25) is 10.0 Å². The molecule has 5 aromatic rings. The van der Waals surface area contributed by atoms with Gasteiger partial charge in [-0.2, -0.15) is 10.2 Å². The van der Waals surface area contributed by atoms with Crippen LogP contribution in [0.4, 0.5) is 5.69 Å². The zero-order valence-corrected chi connectivity index (χ0v) is 20.0. The highest BCUT2D eigenvalue weighted by atomic mass is 35.5. The molecule has 4 aromatic heterocycles. The first kappa shape index (κ1) is 22.8. The largest absolute Gasteiger partial charge is 0.486 e. The van der Waals surface area contributed by atoms with Gasteiger partial charge in [-0.25, -0.2) is 0 Å². The van der Waals surface area contributed by atoms with Crippen LogP contribution in [0.25, 0.3) is 10.9 Å². The van der Waals surface area contributed by atoms with Crippen molar-refractivity contribution in [2.75, 3.05) is 5.32 Å². The van der Waals surface area contributed by atoms with Crippen molar-refractivity contribution in [3.05, 3.63) is 94.4 Å². The highest BCUT2D eigenvalue weighted by Crippen LogP contribution is 2.33. The summed E-state index contributed by atoms with van der Waals surface area (Å²) < 4.78 is 7.78. The molecule has 1 atom stereocenters. The molecule has 35 heavy (non-hydrogen) atoms. The highest BCUT2D eigenvalue weighted by molar-refractivity contribution is 6.35. The van der Waals surface area contributed by atoms with Crippen molar-refractivity contribution in [1.29, 1.82) is 0 Å². The van der Waals surface area contributed by atoms with Crippen molar-refractivity contribution in [2.45, 2.75) is 19.6 Å². The van der Waals surface area contributed by atoms with Gasteiger partial charge in [0.2, 0.25) is 0 Å². The minimum absolute atomic E-state index is 0.234. The Balaban J connectivity index is 1.33. The predicted octanol–water partition coefficient (Wildman–Crippen LogP) is 5.30. The van der Waals surface area contributed by atoms with Crippen LogP contribution in [0.1, 0.15) is 34.6 Å². The zero-order valence-electron chi connectivity index (χ0n) is 18.4. The summed E-state index contributed by atoms with van der Waals surface area (Å²) >= 11 is 12.5. The van der Waals surface area contributed by atoms with Gasteiger partial charge in [-0.15, -0.1) is 0 Å². The van der Waals surface area contributed by atoms with Crippen LogP contribution in [0.15, 0.2) is 67.5 Å². The number of hydrogen-bond donors (Lipinski definition) is 2. The summed E-state index contributed by atoms with van der Waals surface area (Å²) in [4.78, 5) is 21.0. The van der Waals surface area contributed by atoms with Crippen LogP contribution in [0.3, 0.4) is 0 Å². The third kappa shape index (κ3) is 4.96. The fourth-order valence-electron chi connectivity index (χ4n) is 3.70. The first-order chi connectivity index (χ1) is 17.0. The fraction of sp³-hybridized carbons (Fsp3) is 0.125. The normalized spacial score (nSPS) is 12.0. The van der Waals surface area contributed by atoms with Crippen molar-refractivity contribution >= 4 is 45.7 Å². The van der Waals surface area contributed by atoms with E-state index in [2.05, 4.69) is 30.6 Å². The van der Waals surface area contributed by atoms with Crippen molar-refractivity contribution in [2.24, 2.45) is 0 Å². The number of H-pyrrole nitrogens is 1. The van der Waals surface area contributed by atoms with Crippen molar-refractivity contribution in [3.63, 3.8) is 0 Å². The Morgan fingerprint density at radius 1 is 1.14 bits per heavy atom. The average molecular weight is 508 g/mol. The Morgan fingerprint density at radius 3 is 2.74 bits per heavy atom. The Kier molecular flexibility index (Phi) is 6.35. The van der Waals surface area contributed by atoms with E-state index < -0.39 is 6.10 Å². The Hall–Kier alpha value is -3.95. The number of pyridine rings is 2. The summed E-state index contributed by atoms with van der Waals surface area (Å²) in [5.41, 5.74) is 3.12. The lowest BCUT2D eigenvalue weighted by Crippen LogP contribution is -2.12. The van der Waals surface area contributed by atoms with Gasteiger partial charge in [-0.05, 0) is 36.8 Å². The number of ether oxygens (including phenoxy) is 1. The predicted molar refractivity (Wildman–Crippen MR) is 133 cm³/mol. The lowest BCUT2D eigenvalue weighted by Gasteiger charge is -2.17. The van der Waals surface area contributed by atoms with Gasteiger partial charge in [0.25, 0.3) is 5.91 Å². The second-order valence-corrected chi connectivity index (χ2v) is 8.61. The summed E-state index contributed by atoms with van der Waals surface area (Å²) in [5, 5.41) is 15.7. The van der Waals surface area contributed by atoms with Gasteiger partial charge in [0.15, 0.2) is 5.69 Å². The molecular weight excluding hydrogens is 489 g/mol. The third-order valence-corrected chi connectivity index (χ3v) is 5.92. The summed E-state index contributed by atoms with van der Waals surface area (Å²) in [6, 6.07) is 9.15. The van der Waals surface area contributed by atoms with Crippen LogP contribution < -0.4 is 10.1 Å². The van der Waals surface area contributed by atoms with Crippen molar-refractivity contribution < 1.29 is 9.53 Å². The molecular formula is C24H19Cl2N7O2. The molecule has 0 aliphatic carbocycles. The summed E-state index contributed by atoms with van der Waals surface area (Å²) in [6.45, 7) is 2.38. The maximum Gasteiger partial charge on any atom is 0.276 e. The van der Waals surface area contributed by atoms with Crippen LogP contribution in [0, 0.1) is 0 Å². The van der Waals surface area contributed by atoms with Crippen LogP contribution in [-0.2, 0) is 6.54 Å². The van der Waals surface area contributed by atoms with Crippen molar-refractivity contribution in [1.82, 2.24) is 29.9 Å². The van der Waals surface area contributed by atoms with Crippen LogP contribution in [0.5, 0.6) is 5.75 Å². The Bertz CT molecular complexity index is 1480. The van der Waals surface area contributed by atoms with Gasteiger partial charge in [0, 0.05) is 41.9 Å². The molecule has 0 aliphatic heterocycles. The third-order valence-electron chi connectivity index (χ3n) is 5.32. The van der Waals surface area contributed by atoms with E-state index in [1.807, 2.05) is 19.1 Å². The number of rotatable bonds is 7. The number of aromatic nitrogens is 6. The molecule has 4 heterocycles. The van der Waals surface area contributed by atoms with Gasteiger partial charge < -0.3 is 10.1 Å². The summed E-state index contributed by atoms with van der Waals surface area (Å²) in [6.07, 6.45) is 9.41. The lowest BCUT2D eigenvalue weighted by molar-refractivity contribution is 0.102. The molecule has 176 valence electrons. The topological polar surface area (TPSA) is 111 Å². The number of fused-ring (bicyclic) bond motifs is 1. The molecule has 9 nitrogen and oxygen atoms in total. The van der Waals surface area contributed by atoms with E-state index in [0.717, 1.165) is 5.56 Å². The number of hydrogen-bond acceptors (Lipinski definition) is 6. The van der Waals surface area contributed by atoms with Crippen LogP contribution >= 0.6 is 23.2 Å². The molecule has 0 bridgehead atoms. The van der Waals surface area contributed by atoms with E-state index in [-0.39, 0.29) is 11.6 Å². The maximum atomic E-state index is 13.0. The van der Waals surface area contributed by atoms with E-state index in [1.54, 1.807) is 47.7 Å². The average Bonchev–Trinajstić information content (AvgIpc) is 3.46. The minimum atomic E-state index is -0.440. The molecule has 0 saturated heterocycles. The van der Waals surface area contributed by atoms with Gasteiger partial charge >= 0.3 is 0 Å². The molecule has 1 unspecified atom stereocenters. The van der Waals surface area contributed by atoms with Gasteiger partial charge in [0.1, 0.15) is 11.9 Å². The second-order valence-electron chi connectivity index (χ2n) is 7.80. The Morgan fingerprint density at radius 2 is 1.97 bits per heavy atom. The maximum absolute atomic E-state index is 13.0. The molecule has 0 aliphatic rings. The van der Waals surface area contributed by atoms with E-state index in [4.69, 9.17) is 27.9 Å². The lowest BCUT2D eigenvalue weighted by atomic mass is 10.1. The van der Waals surface area contributed by atoms with Crippen LogP contribution in [-0.4, -0.2) is 35.9 Å². The quantitative estimate of drug-likeness (QED) is 0.309. The first-order valence-electron chi connectivity index (χ1n) is 10.6. The number of nitrogens with one attached hydrogen (secondary N) is 2. The van der Waals surface area contributed by atoms with E-state index >= 15 is 0 Å². The zero-order chi connectivity index (χ0) is 24.4. The van der Waals surface area contributed by atoms with Gasteiger partial charge in [-0.3, -0.25) is 24.5 Å². The SMILES string of the molecule is CC(Oc1ccc2[nH]nc(C(=O)Nc3cnn(Cc4cccnc4)c3)c2c1)c1c(Cl)cncc1Cl. The molecule has 1 aromatic carbocycles. The monoisotopic (exact) mass is 507 g/mol. The smallest absolute Gasteiger partial charge is 0.276 e. The van der Waals surface area contributed by atoms with Crippen molar-refractivity contribution in [3.8, 4) is 5.75 Å². The molecule has 0 spiro atoms. The number of aromatic amines is 1. The van der Waals surface area contributed by atoms with E-state index in [9.17, 15) is 4.79 Å². The van der Waals surface area contributed by atoms with E-state index in [0.29, 0.717) is 44.5 Å². The summed E-state index contributed by atoms with van der Waals surface area (Å²) in [5.74, 6) is 0.163. The highest BCUT2D eigenvalue weighted by Gasteiger charge is 2.19. The first-order valence-corrected chi connectivity index (χ1v) is 11.4. The standard InChI is InChI=1S/C24H19Cl2N7O2/c1-14(22-19(25)10-28-11-20(22)26)35-17-4-5-21-18(7-17)23(32-31-21)24(34)30-16-9-29-33(13-16)12-15-3-2-6-27-8-15/h2-11,13-14H,12H2,1H3,(H,30,34)(H,31,32). The number of carbonyl (C=O) groups excluding carboxylic acids is 1. The number of halogens is 2. The number of anilines is 1. The number of carbonyl (C=O) groups is 1. The summed E-state index contributed by atoms with van der Waals surface area (Å²) in [7, 11) is 0. The van der Waals surface area contributed by atoms with Gasteiger partial charge in [0.05, 0.1) is 34.0 Å². The molecule has 0 saturated carbocycles. The Labute approximate surface area is 210 Å². The minimum Gasteiger partial charge on any atom is -0.486 e. The molecule has 2 N–H and O–H groups in total. The molecule has 0 radical (unpaired) electrons. The molecule has 5 rings (SSSR count). The number of benzene rings is 1. The fourth-order valence-corrected chi connectivity index (χ4v) is 4.37. The molecule has 0 fully saturated rings. The molecule has 1 amide bonds. The number of nitrogens with zero attached hydrogens (tertiary/aromatic N) is 5. The van der Waals surface area contributed by atoms with E-state index in [1.165, 1.54) is 12.4 Å². The second kappa shape index (κ2) is 9.73. The molecule has 11 heteroatoms. The number of amides is 1.